The molecule has 1 aromatic carbocycles. The lowest BCUT2D eigenvalue weighted by atomic mass is 9.97. The predicted molar refractivity (Wildman–Crippen MR) is 72.9 cm³/mol. The molecule has 1 N–H and O–H groups in total. The summed E-state index contributed by atoms with van der Waals surface area (Å²) in [5, 5.41) is 3.40. The molecule has 1 saturated heterocycles. The molecule has 1 aliphatic heterocycles. The lowest BCUT2D eigenvalue weighted by Gasteiger charge is -2.29. The van der Waals surface area contributed by atoms with Gasteiger partial charge in [0.25, 0.3) is 0 Å². The van der Waals surface area contributed by atoms with Gasteiger partial charge in [0.05, 0.1) is 0 Å². The molecule has 18 heavy (non-hydrogen) atoms. The van der Waals surface area contributed by atoms with Crippen molar-refractivity contribution < 1.29 is 4.39 Å². The number of nitrogens with zero attached hydrogens (tertiary/aromatic N) is 1. The molecular weight excluding hydrogens is 227 g/mol. The van der Waals surface area contributed by atoms with Crippen molar-refractivity contribution in [2.75, 3.05) is 26.2 Å². The van der Waals surface area contributed by atoms with Crippen LogP contribution in [0, 0.1) is 11.7 Å². The number of hydrogen-bond donors (Lipinski definition) is 1. The topological polar surface area (TPSA) is 15.3 Å². The predicted octanol–water partition coefficient (Wildman–Crippen LogP) is 2.65. The van der Waals surface area contributed by atoms with Crippen LogP contribution in [0.5, 0.6) is 0 Å². The zero-order valence-electron chi connectivity index (χ0n) is 11.2. The third kappa shape index (κ3) is 4.07. The van der Waals surface area contributed by atoms with Crippen molar-refractivity contribution in [2.45, 2.75) is 26.3 Å². The molecule has 1 aliphatic rings. The number of halogens is 1. The summed E-state index contributed by atoms with van der Waals surface area (Å²) >= 11 is 0. The standard InChI is InChI=1S/C15H23FN2/c1-2-18(11-13-6-8-17-9-7-13)12-14-4-3-5-15(16)10-14/h3-5,10,13,17H,2,6-9,11-12H2,1H3. The van der Waals surface area contributed by atoms with Crippen LogP contribution in [0.4, 0.5) is 4.39 Å². The van der Waals surface area contributed by atoms with Gasteiger partial charge in [-0.25, -0.2) is 4.39 Å². The van der Waals surface area contributed by atoms with Gasteiger partial charge in [-0.3, -0.25) is 4.90 Å². The highest BCUT2D eigenvalue weighted by Crippen LogP contribution is 2.15. The van der Waals surface area contributed by atoms with Crippen molar-refractivity contribution in [2.24, 2.45) is 5.92 Å². The van der Waals surface area contributed by atoms with Crippen molar-refractivity contribution in [3.63, 3.8) is 0 Å². The van der Waals surface area contributed by atoms with Crippen LogP contribution in [-0.2, 0) is 6.54 Å². The van der Waals surface area contributed by atoms with E-state index in [4.69, 9.17) is 0 Å². The molecule has 0 amide bonds. The van der Waals surface area contributed by atoms with Crippen molar-refractivity contribution >= 4 is 0 Å². The molecular formula is C15H23FN2. The van der Waals surface area contributed by atoms with Gasteiger partial charge >= 0.3 is 0 Å². The Morgan fingerprint density at radius 3 is 2.78 bits per heavy atom. The molecule has 100 valence electrons. The first-order valence-electron chi connectivity index (χ1n) is 6.95. The van der Waals surface area contributed by atoms with Crippen LogP contribution in [0.3, 0.4) is 0 Å². The summed E-state index contributed by atoms with van der Waals surface area (Å²) in [5.74, 6) is 0.658. The van der Waals surface area contributed by atoms with Crippen LogP contribution in [0.25, 0.3) is 0 Å². The first-order chi connectivity index (χ1) is 8.78. The normalized spacial score (nSPS) is 17.3. The summed E-state index contributed by atoms with van der Waals surface area (Å²) in [6.07, 6.45) is 2.53. The van der Waals surface area contributed by atoms with Gasteiger partial charge in [-0.05, 0) is 56.1 Å². The largest absolute Gasteiger partial charge is 0.317 e. The molecule has 3 heteroatoms. The number of rotatable bonds is 5. The Morgan fingerprint density at radius 2 is 2.11 bits per heavy atom. The third-order valence-electron chi connectivity index (χ3n) is 3.72. The van der Waals surface area contributed by atoms with Crippen molar-refractivity contribution in [3.8, 4) is 0 Å². The number of benzene rings is 1. The van der Waals surface area contributed by atoms with E-state index in [-0.39, 0.29) is 5.82 Å². The Morgan fingerprint density at radius 1 is 1.33 bits per heavy atom. The maximum Gasteiger partial charge on any atom is 0.123 e. The molecule has 2 rings (SSSR count). The van der Waals surface area contributed by atoms with Gasteiger partial charge in [0.1, 0.15) is 5.82 Å². The van der Waals surface area contributed by atoms with E-state index in [9.17, 15) is 4.39 Å². The Balaban J connectivity index is 1.88. The van der Waals surface area contributed by atoms with Gasteiger partial charge in [-0.15, -0.1) is 0 Å². The van der Waals surface area contributed by atoms with Crippen LogP contribution in [0.15, 0.2) is 24.3 Å². The molecule has 2 nitrogen and oxygen atoms in total. The summed E-state index contributed by atoms with van der Waals surface area (Å²) < 4.78 is 13.2. The monoisotopic (exact) mass is 250 g/mol. The van der Waals surface area contributed by atoms with E-state index < -0.39 is 0 Å². The molecule has 1 heterocycles. The van der Waals surface area contributed by atoms with E-state index in [1.54, 1.807) is 12.1 Å². The number of nitrogens with one attached hydrogen (secondary N) is 1. The van der Waals surface area contributed by atoms with Gasteiger partial charge < -0.3 is 5.32 Å². The molecule has 0 saturated carbocycles. The number of hydrogen-bond acceptors (Lipinski definition) is 2. The molecule has 0 radical (unpaired) electrons. The lowest BCUT2D eigenvalue weighted by molar-refractivity contribution is 0.207. The Bertz CT molecular complexity index is 361. The Labute approximate surface area is 109 Å². The fourth-order valence-electron chi connectivity index (χ4n) is 2.63. The van der Waals surface area contributed by atoms with E-state index in [0.717, 1.165) is 44.2 Å². The fraction of sp³-hybridized carbons (Fsp3) is 0.600. The SMILES string of the molecule is CCN(Cc1cccc(F)c1)CC1CCNCC1. The van der Waals surface area contributed by atoms with Crippen LogP contribution in [0.1, 0.15) is 25.3 Å². The van der Waals surface area contributed by atoms with E-state index >= 15 is 0 Å². The van der Waals surface area contributed by atoms with Gasteiger partial charge in [-0.2, -0.15) is 0 Å². The zero-order valence-corrected chi connectivity index (χ0v) is 11.2. The van der Waals surface area contributed by atoms with E-state index in [1.807, 2.05) is 6.07 Å². The molecule has 0 aliphatic carbocycles. The first-order valence-corrected chi connectivity index (χ1v) is 6.95. The highest BCUT2D eigenvalue weighted by Gasteiger charge is 2.16. The van der Waals surface area contributed by atoms with Gasteiger partial charge in [0.2, 0.25) is 0 Å². The van der Waals surface area contributed by atoms with Crippen LogP contribution >= 0.6 is 0 Å². The quantitative estimate of drug-likeness (QED) is 0.864. The van der Waals surface area contributed by atoms with E-state index in [0.29, 0.717) is 0 Å². The molecule has 0 aromatic heterocycles. The summed E-state index contributed by atoms with van der Waals surface area (Å²) in [4.78, 5) is 2.42. The molecule has 1 fully saturated rings. The van der Waals surface area contributed by atoms with Crippen LogP contribution < -0.4 is 5.32 Å². The van der Waals surface area contributed by atoms with E-state index in [2.05, 4.69) is 17.1 Å². The summed E-state index contributed by atoms with van der Waals surface area (Å²) in [5.41, 5.74) is 1.07. The molecule has 0 bridgehead atoms. The van der Waals surface area contributed by atoms with Crippen molar-refractivity contribution in [3.05, 3.63) is 35.6 Å². The minimum absolute atomic E-state index is 0.134. The molecule has 0 atom stereocenters. The van der Waals surface area contributed by atoms with Crippen LogP contribution in [-0.4, -0.2) is 31.1 Å². The summed E-state index contributed by atoms with van der Waals surface area (Å²) in [6.45, 7) is 7.48. The maximum absolute atomic E-state index is 13.2. The van der Waals surface area contributed by atoms with Crippen molar-refractivity contribution in [1.29, 1.82) is 0 Å². The zero-order chi connectivity index (χ0) is 12.8. The first kappa shape index (κ1) is 13.5. The smallest absolute Gasteiger partial charge is 0.123 e. The second-order valence-corrected chi connectivity index (χ2v) is 5.15. The molecule has 0 spiro atoms. The minimum Gasteiger partial charge on any atom is -0.317 e. The van der Waals surface area contributed by atoms with Gasteiger partial charge in [0, 0.05) is 13.1 Å². The molecule has 1 aromatic rings. The number of piperidine rings is 1. The van der Waals surface area contributed by atoms with E-state index in [1.165, 1.54) is 18.9 Å². The Kier molecular flexibility index (Phi) is 5.14. The highest BCUT2D eigenvalue weighted by atomic mass is 19.1. The van der Waals surface area contributed by atoms with Gasteiger partial charge in [-0.1, -0.05) is 19.1 Å². The second kappa shape index (κ2) is 6.86. The minimum atomic E-state index is -0.134. The van der Waals surface area contributed by atoms with Crippen molar-refractivity contribution in [1.82, 2.24) is 10.2 Å². The average Bonchev–Trinajstić information content (AvgIpc) is 2.39. The Hall–Kier alpha value is -0.930. The maximum atomic E-state index is 13.2. The van der Waals surface area contributed by atoms with Crippen LogP contribution in [0.2, 0.25) is 0 Å². The average molecular weight is 250 g/mol. The fourth-order valence-corrected chi connectivity index (χ4v) is 2.63. The molecule has 0 unspecified atom stereocenters. The summed E-state index contributed by atoms with van der Waals surface area (Å²) in [7, 11) is 0. The van der Waals surface area contributed by atoms with Gasteiger partial charge in [0.15, 0.2) is 0 Å². The second-order valence-electron chi connectivity index (χ2n) is 5.15. The highest BCUT2D eigenvalue weighted by molar-refractivity contribution is 5.16. The summed E-state index contributed by atoms with van der Waals surface area (Å²) in [6, 6.07) is 6.95. The third-order valence-corrected chi connectivity index (χ3v) is 3.72. The lowest BCUT2D eigenvalue weighted by Crippen LogP contribution is -2.35.